The highest BCUT2D eigenvalue weighted by Gasteiger charge is 2.28. The standard InChI is InChI=1S/C10H18N2O4/c1-10(2,3)16-9(15)11-4-8(14)12-5-7(13)6-12/h7,13H,4-6H2,1-3H3,(H,11,15). The van der Waals surface area contributed by atoms with Crippen LogP contribution in [0.3, 0.4) is 0 Å². The zero-order valence-electron chi connectivity index (χ0n) is 9.82. The van der Waals surface area contributed by atoms with Crippen molar-refractivity contribution < 1.29 is 19.4 Å². The van der Waals surface area contributed by atoms with Crippen molar-refractivity contribution >= 4 is 12.0 Å². The van der Waals surface area contributed by atoms with Gasteiger partial charge in [0.15, 0.2) is 0 Å². The fourth-order valence-electron chi connectivity index (χ4n) is 1.23. The number of alkyl carbamates (subject to hydrolysis) is 1. The zero-order valence-corrected chi connectivity index (χ0v) is 9.82. The van der Waals surface area contributed by atoms with Crippen molar-refractivity contribution in [3.63, 3.8) is 0 Å². The highest BCUT2D eigenvalue weighted by Crippen LogP contribution is 2.08. The van der Waals surface area contributed by atoms with E-state index in [1.807, 2.05) is 0 Å². The third-order valence-electron chi connectivity index (χ3n) is 2.00. The van der Waals surface area contributed by atoms with Gasteiger partial charge in [-0.25, -0.2) is 4.79 Å². The molecule has 0 atom stereocenters. The van der Waals surface area contributed by atoms with Crippen molar-refractivity contribution in [2.45, 2.75) is 32.5 Å². The Balaban J connectivity index is 2.19. The number of nitrogens with zero attached hydrogens (tertiary/aromatic N) is 1. The fourth-order valence-corrected chi connectivity index (χ4v) is 1.23. The van der Waals surface area contributed by atoms with E-state index >= 15 is 0 Å². The third-order valence-corrected chi connectivity index (χ3v) is 2.00. The molecular weight excluding hydrogens is 212 g/mol. The molecular formula is C10H18N2O4. The van der Waals surface area contributed by atoms with Gasteiger partial charge in [0.25, 0.3) is 0 Å². The molecule has 6 nitrogen and oxygen atoms in total. The van der Waals surface area contributed by atoms with E-state index in [9.17, 15) is 9.59 Å². The van der Waals surface area contributed by atoms with E-state index in [4.69, 9.17) is 9.84 Å². The zero-order chi connectivity index (χ0) is 12.3. The van der Waals surface area contributed by atoms with E-state index in [1.165, 1.54) is 4.90 Å². The quantitative estimate of drug-likeness (QED) is 0.683. The van der Waals surface area contributed by atoms with Gasteiger partial charge in [-0.1, -0.05) is 0 Å². The van der Waals surface area contributed by atoms with Crippen LogP contribution in [0.5, 0.6) is 0 Å². The Morgan fingerprint density at radius 2 is 2.00 bits per heavy atom. The van der Waals surface area contributed by atoms with Crippen LogP contribution in [0.15, 0.2) is 0 Å². The number of aliphatic hydroxyl groups excluding tert-OH is 1. The van der Waals surface area contributed by atoms with E-state index in [1.54, 1.807) is 20.8 Å². The predicted molar refractivity (Wildman–Crippen MR) is 56.8 cm³/mol. The van der Waals surface area contributed by atoms with Crippen LogP contribution in [0.25, 0.3) is 0 Å². The average molecular weight is 230 g/mol. The van der Waals surface area contributed by atoms with Gasteiger partial charge in [-0.15, -0.1) is 0 Å². The molecule has 16 heavy (non-hydrogen) atoms. The molecule has 2 amide bonds. The minimum absolute atomic E-state index is 0.0956. The molecule has 0 aromatic rings. The summed E-state index contributed by atoms with van der Waals surface area (Å²) in [6, 6.07) is 0. The van der Waals surface area contributed by atoms with E-state index < -0.39 is 17.8 Å². The monoisotopic (exact) mass is 230 g/mol. The lowest BCUT2D eigenvalue weighted by Gasteiger charge is -2.35. The molecule has 1 rings (SSSR count). The molecule has 6 heteroatoms. The van der Waals surface area contributed by atoms with Crippen LogP contribution < -0.4 is 5.32 Å². The summed E-state index contributed by atoms with van der Waals surface area (Å²) in [4.78, 5) is 24.1. The van der Waals surface area contributed by atoms with Crippen LogP contribution in [0, 0.1) is 0 Å². The van der Waals surface area contributed by atoms with Gasteiger partial charge < -0.3 is 20.1 Å². The summed E-state index contributed by atoms with van der Waals surface area (Å²) in [7, 11) is 0. The summed E-state index contributed by atoms with van der Waals surface area (Å²) in [5.41, 5.74) is -0.569. The van der Waals surface area contributed by atoms with Gasteiger partial charge in [-0.05, 0) is 20.8 Å². The lowest BCUT2D eigenvalue weighted by molar-refractivity contribution is -0.140. The number of carbonyl (C=O) groups excluding carboxylic acids is 2. The van der Waals surface area contributed by atoms with E-state index in [0.717, 1.165) is 0 Å². The van der Waals surface area contributed by atoms with Crippen LogP contribution in [0.1, 0.15) is 20.8 Å². The molecule has 0 bridgehead atoms. The Hall–Kier alpha value is -1.30. The maximum Gasteiger partial charge on any atom is 0.408 e. The topological polar surface area (TPSA) is 78.9 Å². The number of ether oxygens (including phenoxy) is 1. The lowest BCUT2D eigenvalue weighted by Crippen LogP contribution is -2.56. The molecule has 1 aliphatic rings. The van der Waals surface area contributed by atoms with E-state index in [0.29, 0.717) is 13.1 Å². The Morgan fingerprint density at radius 1 is 1.44 bits per heavy atom. The first-order valence-corrected chi connectivity index (χ1v) is 5.20. The number of rotatable bonds is 2. The number of carbonyl (C=O) groups is 2. The molecule has 1 fully saturated rings. The molecule has 0 aromatic heterocycles. The molecule has 1 saturated heterocycles. The SMILES string of the molecule is CC(C)(C)OC(=O)NCC(=O)N1CC(O)C1. The van der Waals surface area contributed by atoms with E-state index in [-0.39, 0.29) is 12.5 Å². The molecule has 2 N–H and O–H groups in total. The first kappa shape index (κ1) is 12.8. The predicted octanol–water partition coefficient (Wildman–Crippen LogP) is -0.286. The molecule has 1 aliphatic heterocycles. The van der Waals surface area contributed by atoms with Crippen LogP contribution in [-0.2, 0) is 9.53 Å². The number of hydrogen-bond acceptors (Lipinski definition) is 4. The molecule has 0 saturated carbocycles. The Morgan fingerprint density at radius 3 is 2.44 bits per heavy atom. The van der Waals surface area contributed by atoms with Gasteiger partial charge in [0, 0.05) is 13.1 Å². The van der Waals surface area contributed by atoms with Gasteiger partial charge in [0.1, 0.15) is 12.1 Å². The Bertz CT molecular complexity index is 279. The van der Waals surface area contributed by atoms with Gasteiger partial charge in [0.2, 0.25) is 5.91 Å². The van der Waals surface area contributed by atoms with Gasteiger partial charge in [-0.3, -0.25) is 4.79 Å². The van der Waals surface area contributed by atoms with Crippen molar-refractivity contribution in [3.05, 3.63) is 0 Å². The maximum absolute atomic E-state index is 11.4. The second-order valence-corrected chi connectivity index (χ2v) is 4.81. The highest BCUT2D eigenvalue weighted by atomic mass is 16.6. The number of β-amino-alcohol motifs (C(OH)–C–C–N with tert-alkyl or cyclic N) is 1. The van der Waals surface area contributed by atoms with Gasteiger partial charge in [0.05, 0.1) is 6.10 Å². The van der Waals surface area contributed by atoms with Crippen molar-refractivity contribution in [1.82, 2.24) is 10.2 Å². The third kappa shape index (κ3) is 4.06. The summed E-state index contributed by atoms with van der Waals surface area (Å²) < 4.78 is 4.97. The van der Waals surface area contributed by atoms with Crippen LogP contribution in [0.4, 0.5) is 4.79 Å². The van der Waals surface area contributed by atoms with Crippen molar-refractivity contribution in [1.29, 1.82) is 0 Å². The Labute approximate surface area is 94.6 Å². The van der Waals surface area contributed by atoms with Gasteiger partial charge >= 0.3 is 6.09 Å². The maximum atomic E-state index is 11.4. The molecule has 0 unspecified atom stereocenters. The summed E-state index contributed by atoms with van der Waals surface area (Å²) in [6.45, 7) is 5.84. The summed E-state index contributed by atoms with van der Waals surface area (Å²) in [6.07, 6.45) is -1.03. The summed E-state index contributed by atoms with van der Waals surface area (Å²) in [5.74, 6) is -0.212. The average Bonchev–Trinajstić information content (AvgIpc) is 2.06. The van der Waals surface area contributed by atoms with Crippen molar-refractivity contribution in [3.8, 4) is 0 Å². The largest absolute Gasteiger partial charge is 0.444 e. The van der Waals surface area contributed by atoms with Crippen LogP contribution >= 0.6 is 0 Å². The summed E-state index contributed by atoms with van der Waals surface area (Å²) in [5, 5.41) is 11.4. The van der Waals surface area contributed by atoms with Crippen LogP contribution in [0.2, 0.25) is 0 Å². The normalized spacial score (nSPS) is 16.6. The first-order chi connectivity index (χ1) is 7.28. The molecule has 1 heterocycles. The van der Waals surface area contributed by atoms with Crippen molar-refractivity contribution in [2.75, 3.05) is 19.6 Å². The number of likely N-dealkylation sites (tertiary alicyclic amines) is 1. The lowest BCUT2D eigenvalue weighted by atomic mass is 10.2. The molecule has 0 radical (unpaired) electrons. The number of nitrogens with one attached hydrogen (secondary N) is 1. The Kier molecular flexibility index (Phi) is 3.74. The number of aliphatic hydroxyl groups is 1. The van der Waals surface area contributed by atoms with Crippen molar-refractivity contribution in [2.24, 2.45) is 0 Å². The minimum atomic E-state index is -0.609. The fraction of sp³-hybridized carbons (Fsp3) is 0.800. The number of hydrogen-bond donors (Lipinski definition) is 2. The molecule has 0 aromatic carbocycles. The second-order valence-electron chi connectivity index (χ2n) is 4.81. The smallest absolute Gasteiger partial charge is 0.408 e. The van der Waals surface area contributed by atoms with Gasteiger partial charge in [-0.2, -0.15) is 0 Å². The van der Waals surface area contributed by atoms with Crippen LogP contribution in [-0.4, -0.2) is 53.3 Å². The first-order valence-electron chi connectivity index (χ1n) is 5.20. The summed E-state index contributed by atoms with van der Waals surface area (Å²) >= 11 is 0. The second kappa shape index (κ2) is 4.69. The highest BCUT2D eigenvalue weighted by molar-refractivity contribution is 5.82. The molecule has 92 valence electrons. The minimum Gasteiger partial charge on any atom is -0.444 e. The number of amides is 2. The molecule has 0 aliphatic carbocycles. The molecule has 0 spiro atoms. The van der Waals surface area contributed by atoms with E-state index in [2.05, 4.69) is 5.32 Å².